The molecule has 1 aliphatic heterocycles. The summed E-state index contributed by atoms with van der Waals surface area (Å²) in [6.07, 6.45) is 0. The van der Waals surface area contributed by atoms with Crippen LogP contribution in [0.1, 0.15) is 15.9 Å². The summed E-state index contributed by atoms with van der Waals surface area (Å²) in [7, 11) is -2.19. The number of sulfonamides is 1. The normalized spacial score (nSPS) is 16.1. The van der Waals surface area contributed by atoms with Crippen molar-refractivity contribution in [3.05, 3.63) is 58.1 Å². The first-order chi connectivity index (χ1) is 10.9. The molecular formula is C15H13BrN2O4S. The molecule has 2 aromatic rings. The molecule has 0 unspecified atom stereocenters. The highest BCUT2D eigenvalue weighted by molar-refractivity contribution is 9.10. The SMILES string of the molecule is COc1ccc(CN2NS(=O)(=O)c3ccccc3C2=O)cc1Br. The van der Waals surface area contributed by atoms with Crippen molar-refractivity contribution in [3.8, 4) is 5.75 Å². The highest BCUT2D eigenvalue weighted by Gasteiger charge is 2.33. The Morgan fingerprint density at radius 1 is 1.22 bits per heavy atom. The molecular weight excluding hydrogens is 384 g/mol. The quantitative estimate of drug-likeness (QED) is 0.863. The summed E-state index contributed by atoms with van der Waals surface area (Å²) in [5.74, 6) is 0.270. The number of ether oxygens (including phenoxy) is 1. The molecule has 0 radical (unpaired) electrons. The second kappa shape index (κ2) is 5.95. The lowest BCUT2D eigenvalue weighted by molar-refractivity contribution is 0.0687. The highest BCUT2D eigenvalue weighted by atomic mass is 79.9. The fourth-order valence-corrected chi connectivity index (χ4v) is 4.18. The topological polar surface area (TPSA) is 75.7 Å². The zero-order valence-electron chi connectivity index (χ0n) is 12.1. The Hall–Kier alpha value is -1.90. The number of nitrogens with one attached hydrogen (secondary N) is 1. The number of hydrazine groups is 1. The molecule has 0 saturated carbocycles. The smallest absolute Gasteiger partial charge is 0.270 e. The van der Waals surface area contributed by atoms with Crippen LogP contribution in [-0.4, -0.2) is 26.4 Å². The maximum Gasteiger partial charge on any atom is 0.270 e. The lowest BCUT2D eigenvalue weighted by Gasteiger charge is -2.28. The Balaban J connectivity index is 1.93. The molecule has 0 saturated heterocycles. The Morgan fingerprint density at radius 2 is 1.96 bits per heavy atom. The summed E-state index contributed by atoms with van der Waals surface area (Å²) < 4.78 is 30.4. The summed E-state index contributed by atoms with van der Waals surface area (Å²) >= 11 is 3.37. The second-order valence-electron chi connectivity index (χ2n) is 4.95. The van der Waals surface area contributed by atoms with Crippen LogP contribution in [-0.2, 0) is 16.6 Å². The third-order valence-corrected chi connectivity index (χ3v) is 5.45. The third-order valence-electron chi connectivity index (χ3n) is 3.44. The zero-order valence-corrected chi connectivity index (χ0v) is 14.5. The van der Waals surface area contributed by atoms with Gasteiger partial charge in [0, 0.05) is 0 Å². The van der Waals surface area contributed by atoms with E-state index in [1.165, 1.54) is 12.1 Å². The van der Waals surface area contributed by atoms with Crippen LogP contribution < -0.4 is 9.57 Å². The molecule has 0 aromatic heterocycles. The summed E-state index contributed by atoms with van der Waals surface area (Å²) in [6.45, 7) is 0.106. The number of carbonyl (C=O) groups excluding carboxylic acids is 1. The highest BCUT2D eigenvalue weighted by Crippen LogP contribution is 2.27. The molecule has 2 aromatic carbocycles. The van der Waals surface area contributed by atoms with E-state index in [4.69, 9.17) is 4.74 Å². The summed E-state index contributed by atoms with van der Waals surface area (Å²) in [5.41, 5.74) is 0.923. The fraction of sp³-hybridized carbons (Fsp3) is 0.133. The number of carbonyl (C=O) groups is 1. The van der Waals surface area contributed by atoms with E-state index in [0.29, 0.717) is 5.75 Å². The van der Waals surface area contributed by atoms with E-state index in [-0.39, 0.29) is 22.9 Å². The van der Waals surface area contributed by atoms with Crippen LogP contribution in [0.25, 0.3) is 0 Å². The molecule has 8 heteroatoms. The Bertz CT molecular complexity index is 883. The van der Waals surface area contributed by atoms with Gasteiger partial charge in [-0.2, -0.15) is 0 Å². The largest absolute Gasteiger partial charge is 0.496 e. The molecule has 0 bridgehead atoms. The van der Waals surface area contributed by atoms with Crippen LogP contribution in [0.5, 0.6) is 5.75 Å². The molecule has 23 heavy (non-hydrogen) atoms. The van der Waals surface area contributed by atoms with Gasteiger partial charge in [-0.25, -0.2) is 8.42 Å². The van der Waals surface area contributed by atoms with E-state index in [1.54, 1.807) is 37.4 Å². The van der Waals surface area contributed by atoms with Gasteiger partial charge in [0.15, 0.2) is 0 Å². The number of fused-ring (bicyclic) bond motifs is 1. The fourth-order valence-electron chi connectivity index (χ4n) is 2.35. The van der Waals surface area contributed by atoms with Gasteiger partial charge in [0.05, 0.1) is 28.6 Å². The minimum atomic E-state index is -3.75. The van der Waals surface area contributed by atoms with Crippen molar-refractivity contribution in [2.75, 3.05) is 7.11 Å². The minimum Gasteiger partial charge on any atom is -0.496 e. The van der Waals surface area contributed by atoms with Gasteiger partial charge >= 0.3 is 0 Å². The van der Waals surface area contributed by atoms with E-state index >= 15 is 0 Å². The predicted molar refractivity (Wildman–Crippen MR) is 87.3 cm³/mol. The summed E-state index contributed by atoms with van der Waals surface area (Å²) in [4.78, 5) is 14.8. The molecule has 0 aliphatic carbocycles. The first-order valence-electron chi connectivity index (χ1n) is 6.68. The standard InChI is InChI=1S/C15H13BrN2O4S/c1-22-13-7-6-10(8-12(13)16)9-18-15(19)11-4-2-3-5-14(11)23(20,21)17-18/h2-8,17H,9H2,1H3. The maximum absolute atomic E-state index is 12.5. The number of amides is 1. The minimum absolute atomic E-state index is 0.00263. The number of methoxy groups -OCH3 is 1. The molecule has 6 nitrogen and oxygen atoms in total. The number of halogens is 1. The summed E-state index contributed by atoms with van der Waals surface area (Å²) in [5, 5.41) is 1.09. The van der Waals surface area contributed by atoms with Crippen molar-refractivity contribution in [1.29, 1.82) is 0 Å². The Labute approximate surface area is 142 Å². The molecule has 1 heterocycles. The van der Waals surface area contributed by atoms with Gasteiger partial charge in [0.2, 0.25) is 0 Å². The molecule has 3 rings (SSSR count). The number of nitrogens with zero attached hydrogens (tertiary/aromatic N) is 1. The van der Waals surface area contributed by atoms with E-state index in [1.807, 2.05) is 0 Å². The average Bonchev–Trinajstić information content (AvgIpc) is 2.52. The average molecular weight is 397 g/mol. The van der Waals surface area contributed by atoms with Crippen LogP contribution >= 0.6 is 15.9 Å². The molecule has 0 atom stereocenters. The van der Waals surface area contributed by atoms with Crippen molar-refractivity contribution in [1.82, 2.24) is 9.84 Å². The molecule has 1 amide bonds. The van der Waals surface area contributed by atoms with Crippen LogP contribution in [0.4, 0.5) is 0 Å². The van der Waals surface area contributed by atoms with Crippen LogP contribution in [0.3, 0.4) is 0 Å². The van der Waals surface area contributed by atoms with Crippen LogP contribution in [0.15, 0.2) is 51.8 Å². The first-order valence-corrected chi connectivity index (χ1v) is 8.96. The molecule has 0 fully saturated rings. The Morgan fingerprint density at radius 3 is 2.65 bits per heavy atom. The lowest BCUT2D eigenvalue weighted by Crippen LogP contribution is -2.49. The van der Waals surface area contributed by atoms with Gasteiger partial charge in [-0.15, -0.1) is 4.83 Å². The monoisotopic (exact) mass is 396 g/mol. The van der Waals surface area contributed by atoms with Gasteiger partial charge in [-0.1, -0.05) is 18.2 Å². The van der Waals surface area contributed by atoms with E-state index in [0.717, 1.165) is 15.0 Å². The van der Waals surface area contributed by atoms with Crippen molar-refractivity contribution in [3.63, 3.8) is 0 Å². The van der Waals surface area contributed by atoms with Crippen molar-refractivity contribution < 1.29 is 17.9 Å². The molecule has 0 spiro atoms. The van der Waals surface area contributed by atoms with Crippen molar-refractivity contribution in [2.45, 2.75) is 11.4 Å². The Kier molecular flexibility index (Phi) is 4.13. The van der Waals surface area contributed by atoms with Crippen LogP contribution in [0.2, 0.25) is 0 Å². The maximum atomic E-state index is 12.5. The summed E-state index contributed by atoms with van der Waals surface area (Å²) in [6, 6.07) is 11.4. The van der Waals surface area contributed by atoms with Gasteiger partial charge in [0.1, 0.15) is 5.75 Å². The molecule has 1 aliphatic rings. The molecule has 1 N–H and O–H groups in total. The van der Waals surface area contributed by atoms with Gasteiger partial charge in [-0.05, 0) is 45.8 Å². The number of benzene rings is 2. The van der Waals surface area contributed by atoms with Crippen LogP contribution in [0, 0.1) is 0 Å². The van der Waals surface area contributed by atoms with Crippen molar-refractivity contribution >= 4 is 31.9 Å². The zero-order chi connectivity index (χ0) is 16.6. The number of rotatable bonds is 3. The molecule has 120 valence electrons. The van der Waals surface area contributed by atoms with E-state index in [2.05, 4.69) is 20.8 Å². The van der Waals surface area contributed by atoms with Gasteiger partial charge < -0.3 is 4.74 Å². The number of hydrogen-bond donors (Lipinski definition) is 1. The second-order valence-corrected chi connectivity index (χ2v) is 7.43. The van der Waals surface area contributed by atoms with Gasteiger partial charge in [-0.3, -0.25) is 9.80 Å². The van der Waals surface area contributed by atoms with Gasteiger partial charge in [0.25, 0.3) is 15.9 Å². The third kappa shape index (κ3) is 2.97. The lowest BCUT2D eigenvalue weighted by atomic mass is 10.1. The van der Waals surface area contributed by atoms with Crippen molar-refractivity contribution in [2.24, 2.45) is 0 Å². The number of hydrogen-bond acceptors (Lipinski definition) is 4. The predicted octanol–water partition coefficient (Wildman–Crippen LogP) is 2.31. The van der Waals surface area contributed by atoms with E-state index in [9.17, 15) is 13.2 Å². The van der Waals surface area contributed by atoms with E-state index < -0.39 is 10.0 Å². The first kappa shape index (κ1) is 16.0.